The van der Waals surface area contributed by atoms with Gasteiger partial charge in [-0.2, -0.15) is 0 Å². The largest absolute Gasteiger partial charge is 0.459 e. The van der Waals surface area contributed by atoms with Gasteiger partial charge < -0.3 is 68.0 Å². The Balaban J connectivity index is 1.83. The number of cyclic esters (lactones) is 1. The number of carbonyl (C=O) groups excluding carboxylic acids is 1. The van der Waals surface area contributed by atoms with E-state index in [0.29, 0.717) is 19.6 Å². The Morgan fingerprint density at radius 2 is 1.59 bits per heavy atom. The fourth-order valence-electron chi connectivity index (χ4n) is 10.0. The van der Waals surface area contributed by atoms with E-state index in [1.165, 1.54) is 7.11 Å². The maximum absolute atomic E-state index is 14.5. The second-order valence-electron chi connectivity index (χ2n) is 18.6. The molecule has 20 atom stereocenters. The summed E-state index contributed by atoms with van der Waals surface area (Å²) >= 11 is 0. The molecule has 4 heterocycles. The molecule has 0 amide bonds. The van der Waals surface area contributed by atoms with Crippen LogP contribution in [0.25, 0.3) is 0 Å². The highest BCUT2D eigenvalue weighted by Crippen LogP contribution is 2.43. The van der Waals surface area contributed by atoms with Crippen LogP contribution in [0.1, 0.15) is 94.9 Å². The van der Waals surface area contributed by atoms with Crippen molar-refractivity contribution in [2.24, 2.45) is 23.7 Å². The molecule has 4 aliphatic rings. The van der Waals surface area contributed by atoms with E-state index in [1.807, 2.05) is 53.6 Å². The molecule has 5 N–H and O–H groups in total. The van der Waals surface area contributed by atoms with E-state index in [9.17, 15) is 25.2 Å². The first kappa shape index (κ1) is 49.6. The maximum Gasteiger partial charge on any atom is 0.311 e. The first-order chi connectivity index (χ1) is 27.0. The lowest BCUT2D eigenvalue weighted by Gasteiger charge is -2.52. The van der Waals surface area contributed by atoms with Crippen molar-refractivity contribution >= 4 is 5.97 Å². The number of nitrogens with one attached hydrogen (secondary N) is 1. The van der Waals surface area contributed by atoms with Gasteiger partial charge in [0, 0.05) is 44.6 Å². The van der Waals surface area contributed by atoms with Gasteiger partial charge >= 0.3 is 5.97 Å². The lowest BCUT2D eigenvalue weighted by molar-refractivity contribution is -0.318. The minimum Gasteiger partial charge on any atom is -0.459 e. The molecule has 0 aliphatic carbocycles. The zero-order valence-corrected chi connectivity index (χ0v) is 37.6. The van der Waals surface area contributed by atoms with Crippen LogP contribution in [0.4, 0.5) is 0 Å². The smallest absolute Gasteiger partial charge is 0.311 e. The SMILES string of the molecule is CC[C@H]1OC(=O)[C@H](C)[C@@H](O[C@@H]2C[C@](C)(OC)[C@H](O)[C@H](C)O2)[C@H](C)[C@@H](O[C@@H]2O[C@H](C)C[C@@H](N(C)C)[C@@H]2O)[C@](C)(O)C[C@@H](C)[C@@H]2N[C@H](COCCOC)O[C@H]([C@H]2C)[C@]1(C)O. The first-order valence-electron chi connectivity index (χ1n) is 21.4. The molecule has 58 heavy (non-hydrogen) atoms. The number of rotatable bonds is 12. The van der Waals surface area contributed by atoms with Crippen LogP contribution in [0.15, 0.2) is 0 Å². The number of methoxy groups -OCH3 is 2. The summed E-state index contributed by atoms with van der Waals surface area (Å²) in [6.07, 6.45) is -8.29. The Bertz CT molecular complexity index is 1290. The summed E-state index contributed by atoms with van der Waals surface area (Å²) in [6.45, 7) is 19.1. The summed E-state index contributed by atoms with van der Waals surface area (Å²) in [6, 6.07) is -0.593. The monoisotopic (exact) mass is 835 g/mol. The number of aliphatic hydroxyl groups excluding tert-OH is 2. The fraction of sp³-hybridized carbons (Fsp3) is 0.976. The van der Waals surface area contributed by atoms with Gasteiger partial charge in [0.2, 0.25) is 0 Å². The third-order valence-corrected chi connectivity index (χ3v) is 13.5. The average Bonchev–Trinajstić information content (AvgIpc) is 3.15. The number of fused-ring (bicyclic) bond motifs is 2. The summed E-state index contributed by atoms with van der Waals surface area (Å²) in [7, 11) is 6.90. The van der Waals surface area contributed by atoms with Crippen LogP contribution in [-0.2, 0) is 47.4 Å². The third-order valence-electron chi connectivity index (χ3n) is 13.5. The second kappa shape index (κ2) is 20.4. The average molecular weight is 835 g/mol. The van der Waals surface area contributed by atoms with E-state index >= 15 is 0 Å². The Labute approximate surface area is 346 Å². The molecular formula is C42H78N2O14. The Hall–Kier alpha value is -1.09. The molecule has 16 nitrogen and oxygen atoms in total. The van der Waals surface area contributed by atoms with E-state index in [1.54, 1.807) is 41.7 Å². The molecular weight excluding hydrogens is 756 g/mol. The van der Waals surface area contributed by atoms with Gasteiger partial charge in [-0.15, -0.1) is 0 Å². The van der Waals surface area contributed by atoms with E-state index < -0.39 is 96.1 Å². The molecule has 4 rings (SSSR count). The van der Waals surface area contributed by atoms with Gasteiger partial charge in [0.15, 0.2) is 12.6 Å². The standard InChI is InChI=1S/C42H78N2O14/c1-15-29-42(10,49)37-24(4)32(43-30(56-37)21-52-17-16-50-13)22(2)19-40(8,48)36(58-39-33(45)28(44(11)12)18-23(3)53-39)25(5)34(26(6)38(47)55-29)57-31-20-41(9,51-14)35(46)27(7)54-31/h22-37,39,43,45-46,48-49H,15-21H2,1-14H3/t22-,23-,24+,25+,26-,27+,28-,29-,30+,31-,32+,33+,34+,35-,36-,37-,39+,40-,41+,42-/m1/s1. The second-order valence-corrected chi connectivity index (χ2v) is 18.6. The number of hydrogen-bond acceptors (Lipinski definition) is 16. The Morgan fingerprint density at radius 3 is 2.19 bits per heavy atom. The lowest BCUT2D eigenvalue weighted by atomic mass is 9.71. The molecule has 4 fully saturated rings. The van der Waals surface area contributed by atoms with Crippen molar-refractivity contribution in [2.75, 3.05) is 48.1 Å². The van der Waals surface area contributed by atoms with Crippen LogP contribution >= 0.6 is 0 Å². The molecule has 4 saturated heterocycles. The van der Waals surface area contributed by atoms with Gasteiger partial charge in [0.1, 0.15) is 30.1 Å². The van der Waals surface area contributed by atoms with Crippen molar-refractivity contribution in [3.63, 3.8) is 0 Å². The van der Waals surface area contributed by atoms with Crippen LogP contribution in [0.5, 0.6) is 0 Å². The van der Waals surface area contributed by atoms with Crippen molar-refractivity contribution in [1.82, 2.24) is 10.2 Å². The van der Waals surface area contributed by atoms with Crippen LogP contribution in [-0.4, -0.2) is 176 Å². The van der Waals surface area contributed by atoms with Crippen LogP contribution in [0.2, 0.25) is 0 Å². The number of nitrogens with zero attached hydrogens (tertiary/aromatic N) is 1. The normalized spacial score (nSPS) is 48.7. The van der Waals surface area contributed by atoms with Crippen LogP contribution < -0.4 is 5.32 Å². The number of esters is 1. The van der Waals surface area contributed by atoms with E-state index in [-0.39, 0.29) is 55.9 Å². The zero-order valence-electron chi connectivity index (χ0n) is 37.6. The molecule has 0 aromatic carbocycles. The minimum atomic E-state index is -1.64. The molecule has 0 unspecified atom stereocenters. The van der Waals surface area contributed by atoms with Gasteiger partial charge in [0.25, 0.3) is 0 Å². The predicted octanol–water partition coefficient (Wildman–Crippen LogP) is 2.20. The van der Waals surface area contributed by atoms with Crippen molar-refractivity contribution in [3.05, 3.63) is 0 Å². The third kappa shape index (κ3) is 11.1. The van der Waals surface area contributed by atoms with Gasteiger partial charge in [-0.25, -0.2) is 0 Å². The van der Waals surface area contributed by atoms with E-state index in [0.717, 1.165) is 0 Å². The van der Waals surface area contributed by atoms with Crippen molar-refractivity contribution in [2.45, 2.75) is 191 Å². The number of carbonyl (C=O) groups is 1. The van der Waals surface area contributed by atoms with Crippen molar-refractivity contribution in [1.29, 1.82) is 0 Å². The molecule has 0 aromatic heterocycles. The van der Waals surface area contributed by atoms with E-state index in [2.05, 4.69) is 5.32 Å². The van der Waals surface area contributed by atoms with Gasteiger partial charge in [-0.3, -0.25) is 10.1 Å². The quantitative estimate of drug-likeness (QED) is 0.142. The molecule has 0 spiro atoms. The van der Waals surface area contributed by atoms with Crippen molar-refractivity contribution < 1.29 is 67.9 Å². The Morgan fingerprint density at radius 1 is 0.914 bits per heavy atom. The number of likely N-dealkylation sites (N-methyl/N-ethyl adjacent to an activating group) is 1. The number of hydrogen-bond donors (Lipinski definition) is 5. The molecule has 0 saturated carbocycles. The summed E-state index contributed by atoms with van der Waals surface area (Å²) in [5.41, 5.74) is -4.27. The fourth-order valence-corrected chi connectivity index (χ4v) is 10.0. The van der Waals surface area contributed by atoms with Gasteiger partial charge in [-0.1, -0.05) is 27.7 Å². The summed E-state index contributed by atoms with van der Waals surface area (Å²) in [5, 5.41) is 51.5. The van der Waals surface area contributed by atoms with Crippen LogP contribution in [0, 0.1) is 23.7 Å². The Kier molecular flexibility index (Phi) is 17.4. The molecule has 340 valence electrons. The predicted molar refractivity (Wildman–Crippen MR) is 214 cm³/mol. The van der Waals surface area contributed by atoms with Gasteiger partial charge in [0.05, 0.1) is 67.5 Å². The highest BCUT2D eigenvalue weighted by molar-refractivity contribution is 5.73. The molecule has 2 bridgehead atoms. The summed E-state index contributed by atoms with van der Waals surface area (Å²) in [5.74, 6) is -2.95. The number of ether oxygens (including phenoxy) is 9. The highest BCUT2D eigenvalue weighted by atomic mass is 16.7. The van der Waals surface area contributed by atoms with Crippen molar-refractivity contribution in [3.8, 4) is 0 Å². The first-order valence-corrected chi connectivity index (χ1v) is 21.4. The minimum absolute atomic E-state index is 0.137. The topological polar surface area (TPSA) is 196 Å². The van der Waals surface area contributed by atoms with Crippen LogP contribution in [0.3, 0.4) is 0 Å². The zero-order chi connectivity index (χ0) is 43.5. The molecule has 0 radical (unpaired) electrons. The van der Waals surface area contributed by atoms with Gasteiger partial charge in [-0.05, 0) is 80.8 Å². The summed E-state index contributed by atoms with van der Waals surface area (Å²) < 4.78 is 55.7. The maximum atomic E-state index is 14.5. The lowest BCUT2D eigenvalue weighted by Crippen LogP contribution is -2.67. The molecule has 16 heteroatoms. The molecule has 4 aliphatic heterocycles. The highest BCUT2D eigenvalue weighted by Gasteiger charge is 2.55. The number of aliphatic hydroxyl groups is 4. The molecule has 0 aromatic rings. The van der Waals surface area contributed by atoms with E-state index in [4.69, 9.17) is 42.6 Å². The summed E-state index contributed by atoms with van der Waals surface area (Å²) in [4.78, 5) is 16.4.